The quantitative estimate of drug-likeness (QED) is 0.726. The fourth-order valence-electron chi connectivity index (χ4n) is 2.76. The molecule has 2 rings (SSSR count). The van der Waals surface area contributed by atoms with Crippen molar-refractivity contribution >= 4 is 6.29 Å². The average Bonchev–Trinajstić information content (AvgIpc) is 2.82. The minimum Gasteiger partial charge on any atom is -0.497 e. The number of hydrogen-bond donors (Lipinski definition) is 0. The van der Waals surface area contributed by atoms with Gasteiger partial charge in [0.25, 0.3) is 0 Å². The van der Waals surface area contributed by atoms with Gasteiger partial charge in [-0.3, -0.25) is 0 Å². The Kier molecular flexibility index (Phi) is 2.75. The van der Waals surface area contributed by atoms with Gasteiger partial charge in [-0.1, -0.05) is 26.0 Å². The van der Waals surface area contributed by atoms with Gasteiger partial charge in [0.2, 0.25) is 0 Å². The minimum absolute atomic E-state index is 0.259. The van der Waals surface area contributed by atoms with Gasteiger partial charge < -0.3 is 9.53 Å². The van der Waals surface area contributed by atoms with Crippen molar-refractivity contribution in [3.8, 4) is 5.75 Å². The molecule has 86 valence electrons. The first-order chi connectivity index (χ1) is 7.61. The fraction of sp³-hybridized carbons (Fsp3) is 0.500. The van der Waals surface area contributed by atoms with Crippen LogP contribution in [0.4, 0.5) is 0 Å². The van der Waals surface area contributed by atoms with Crippen molar-refractivity contribution in [3.63, 3.8) is 0 Å². The highest BCUT2D eigenvalue weighted by Gasteiger charge is 2.57. The number of methoxy groups -OCH3 is 1. The molecule has 0 heterocycles. The van der Waals surface area contributed by atoms with Crippen molar-refractivity contribution in [2.24, 2.45) is 11.3 Å². The molecule has 0 bridgehead atoms. The predicted octanol–water partition coefficient (Wildman–Crippen LogP) is 3.02. The van der Waals surface area contributed by atoms with Gasteiger partial charge in [-0.15, -0.1) is 0 Å². The Labute approximate surface area is 96.6 Å². The summed E-state index contributed by atoms with van der Waals surface area (Å²) < 4.78 is 5.14. The van der Waals surface area contributed by atoms with E-state index >= 15 is 0 Å². The van der Waals surface area contributed by atoms with Gasteiger partial charge >= 0.3 is 0 Å². The van der Waals surface area contributed by atoms with Crippen LogP contribution in [-0.2, 0) is 4.79 Å². The molecule has 1 aliphatic carbocycles. The summed E-state index contributed by atoms with van der Waals surface area (Å²) in [6, 6.07) is 8.19. The second kappa shape index (κ2) is 3.93. The van der Waals surface area contributed by atoms with E-state index in [0.29, 0.717) is 18.3 Å². The van der Waals surface area contributed by atoms with Crippen LogP contribution in [0.5, 0.6) is 5.75 Å². The summed E-state index contributed by atoms with van der Waals surface area (Å²) in [6.45, 7) is 4.46. The third-order valence-electron chi connectivity index (χ3n) is 3.88. The van der Waals surface area contributed by atoms with E-state index < -0.39 is 0 Å². The Morgan fingerprint density at radius 3 is 2.44 bits per heavy atom. The second-order valence-corrected chi connectivity index (χ2v) is 5.08. The van der Waals surface area contributed by atoms with E-state index in [1.54, 1.807) is 7.11 Å². The molecule has 2 atom stereocenters. The van der Waals surface area contributed by atoms with Gasteiger partial charge in [0.1, 0.15) is 12.0 Å². The maximum Gasteiger partial charge on any atom is 0.120 e. The van der Waals surface area contributed by atoms with Crippen LogP contribution in [0.15, 0.2) is 24.3 Å². The second-order valence-electron chi connectivity index (χ2n) is 5.08. The standard InChI is InChI=1S/C14H18O2/c1-14(2)12(8-9-15)13(14)10-4-6-11(16-3)7-5-10/h4-7,9,12-13H,8H2,1-3H3. The SMILES string of the molecule is COc1ccc(C2C(CC=O)C2(C)C)cc1. The Bertz CT molecular complexity index is 378. The van der Waals surface area contributed by atoms with Crippen LogP contribution in [-0.4, -0.2) is 13.4 Å². The lowest BCUT2D eigenvalue weighted by Gasteiger charge is -2.04. The van der Waals surface area contributed by atoms with Crippen molar-refractivity contribution in [2.45, 2.75) is 26.2 Å². The smallest absolute Gasteiger partial charge is 0.120 e. The summed E-state index contributed by atoms with van der Waals surface area (Å²) in [7, 11) is 1.67. The molecule has 1 aromatic rings. The maximum atomic E-state index is 10.6. The summed E-state index contributed by atoms with van der Waals surface area (Å²) in [5, 5.41) is 0. The van der Waals surface area contributed by atoms with E-state index in [9.17, 15) is 4.79 Å². The Hall–Kier alpha value is -1.31. The van der Waals surface area contributed by atoms with Crippen molar-refractivity contribution in [3.05, 3.63) is 29.8 Å². The summed E-state index contributed by atoms with van der Waals surface area (Å²) in [5.74, 6) is 1.90. The summed E-state index contributed by atoms with van der Waals surface area (Å²) in [4.78, 5) is 10.6. The number of rotatable bonds is 4. The highest BCUT2D eigenvalue weighted by molar-refractivity contribution is 5.53. The van der Waals surface area contributed by atoms with Crippen molar-refractivity contribution in [1.29, 1.82) is 0 Å². The van der Waals surface area contributed by atoms with E-state index in [1.807, 2.05) is 12.1 Å². The molecule has 0 saturated heterocycles. The fourth-order valence-corrected chi connectivity index (χ4v) is 2.76. The molecule has 2 heteroatoms. The molecule has 0 radical (unpaired) electrons. The summed E-state index contributed by atoms with van der Waals surface area (Å²) >= 11 is 0. The van der Waals surface area contributed by atoms with Crippen molar-refractivity contribution in [1.82, 2.24) is 0 Å². The third-order valence-corrected chi connectivity index (χ3v) is 3.88. The molecule has 0 N–H and O–H groups in total. The van der Waals surface area contributed by atoms with E-state index in [4.69, 9.17) is 4.74 Å². The molecule has 1 fully saturated rings. The van der Waals surface area contributed by atoms with Crippen molar-refractivity contribution in [2.75, 3.05) is 7.11 Å². The van der Waals surface area contributed by atoms with E-state index in [-0.39, 0.29) is 5.41 Å². The zero-order chi connectivity index (χ0) is 11.8. The van der Waals surface area contributed by atoms with Gasteiger partial charge in [0.15, 0.2) is 0 Å². The van der Waals surface area contributed by atoms with Gasteiger partial charge in [-0.2, -0.15) is 0 Å². The first-order valence-corrected chi connectivity index (χ1v) is 5.69. The van der Waals surface area contributed by atoms with Crippen LogP contribution in [0.1, 0.15) is 31.7 Å². The van der Waals surface area contributed by atoms with Gasteiger partial charge in [0, 0.05) is 6.42 Å². The average molecular weight is 218 g/mol. The van der Waals surface area contributed by atoms with E-state index in [0.717, 1.165) is 12.0 Å². The molecule has 1 saturated carbocycles. The molecule has 0 spiro atoms. The number of carbonyl (C=O) groups excluding carboxylic acids is 1. The first-order valence-electron chi connectivity index (χ1n) is 5.69. The maximum absolute atomic E-state index is 10.6. The summed E-state index contributed by atoms with van der Waals surface area (Å²) in [6.07, 6.45) is 1.71. The summed E-state index contributed by atoms with van der Waals surface area (Å²) in [5.41, 5.74) is 1.58. The third kappa shape index (κ3) is 1.73. The molecule has 2 unspecified atom stereocenters. The van der Waals surface area contributed by atoms with Gasteiger partial charge in [-0.25, -0.2) is 0 Å². The highest BCUT2D eigenvalue weighted by Crippen LogP contribution is 2.65. The first kappa shape index (κ1) is 11.2. The normalized spacial score (nSPS) is 26.2. The lowest BCUT2D eigenvalue weighted by Crippen LogP contribution is -1.91. The molecule has 16 heavy (non-hydrogen) atoms. The van der Waals surface area contributed by atoms with E-state index in [1.165, 1.54) is 5.56 Å². The molecule has 0 amide bonds. The Morgan fingerprint density at radius 2 is 1.94 bits per heavy atom. The topological polar surface area (TPSA) is 26.3 Å². The molecule has 0 aliphatic heterocycles. The largest absolute Gasteiger partial charge is 0.497 e. The predicted molar refractivity (Wildman–Crippen MR) is 63.7 cm³/mol. The van der Waals surface area contributed by atoms with E-state index in [2.05, 4.69) is 26.0 Å². The number of aldehydes is 1. The molecule has 2 nitrogen and oxygen atoms in total. The lowest BCUT2D eigenvalue weighted by molar-refractivity contribution is -0.108. The molecule has 1 aromatic carbocycles. The Morgan fingerprint density at radius 1 is 1.31 bits per heavy atom. The minimum atomic E-state index is 0.259. The van der Waals surface area contributed by atoms with Gasteiger partial charge in [0.05, 0.1) is 7.11 Å². The Balaban J connectivity index is 2.16. The van der Waals surface area contributed by atoms with Crippen LogP contribution < -0.4 is 4.74 Å². The van der Waals surface area contributed by atoms with Gasteiger partial charge in [-0.05, 0) is 34.9 Å². The highest BCUT2D eigenvalue weighted by atomic mass is 16.5. The van der Waals surface area contributed by atoms with Crippen LogP contribution in [0.3, 0.4) is 0 Å². The number of ether oxygens (including phenoxy) is 1. The van der Waals surface area contributed by atoms with Crippen LogP contribution in [0, 0.1) is 11.3 Å². The van der Waals surface area contributed by atoms with Crippen LogP contribution in [0.2, 0.25) is 0 Å². The zero-order valence-corrected chi connectivity index (χ0v) is 10.1. The van der Waals surface area contributed by atoms with Crippen molar-refractivity contribution < 1.29 is 9.53 Å². The zero-order valence-electron chi connectivity index (χ0n) is 10.1. The molecule has 1 aliphatic rings. The van der Waals surface area contributed by atoms with Crippen LogP contribution >= 0.6 is 0 Å². The molecule has 0 aromatic heterocycles. The van der Waals surface area contributed by atoms with Crippen LogP contribution in [0.25, 0.3) is 0 Å². The monoisotopic (exact) mass is 218 g/mol. The number of carbonyl (C=O) groups is 1. The molecular formula is C14H18O2. The lowest BCUT2D eigenvalue weighted by atomic mass is 10.0. The number of hydrogen-bond acceptors (Lipinski definition) is 2. The molecular weight excluding hydrogens is 200 g/mol. The number of benzene rings is 1.